The van der Waals surface area contributed by atoms with E-state index >= 15 is 0 Å². The normalized spacial score (nSPS) is 12.4. The molecule has 80 valence electrons. The third kappa shape index (κ3) is 2.98. The fourth-order valence-electron chi connectivity index (χ4n) is 1.36. The molecule has 3 N–H and O–H groups in total. The van der Waals surface area contributed by atoms with Crippen LogP contribution >= 0.6 is 12.4 Å². The Morgan fingerprint density at radius 2 is 1.86 bits per heavy atom. The second-order valence-corrected chi connectivity index (χ2v) is 3.63. The van der Waals surface area contributed by atoms with Crippen molar-refractivity contribution >= 4 is 12.4 Å². The molecule has 1 aromatic carbocycles. The van der Waals surface area contributed by atoms with Crippen LogP contribution in [0.3, 0.4) is 0 Å². The number of nitrogens with two attached hydrogens (primary N) is 1. The highest BCUT2D eigenvalue weighted by Crippen LogP contribution is 2.22. The monoisotopic (exact) mass is 215 g/mol. The summed E-state index contributed by atoms with van der Waals surface area (Å²) in [7, 11) is 0. The van der Waals surface area contributed by atoms with Gasteiger partial charge in [-0.15, -0.1) is 12.4 Å². The highest BCUT2D eigenvalue weighted by atomic mass is 35.5. The Hall–Kier alpha value is -0.570. The van der Waals surface area contributed by atoms with Crippen molar-refractivity contribution in [2.24, 2.45) is 11.7 Å². The maximum absolute atomic E-state index is 9.09. The molecule has 0 aromatic heterocycles. The third-order valence-corrected chi connectivity index (χ3v) is 2.30. The molecular weight excluding hydrogens is 198 g/mol. The molecule has 2 nitrogen and oxygen atoms in total. The summed E-state index contributed by atoms with van der Waals surface area (Å²) in [5.74, 6) is 0.396. The fraction of sp³-hybridized carbons (Fsp3) is 0.455. The molecule has 0 saturated carbocycles. The summed E-state index contributed by atoms with van der Waals surface area (Å²) < 4.78 is 0. The van der Waals surface area contributed by atoms with E-state index in [2.05, 4.69) is 13.8 Å². The first-order valence-electron chi connectivity index (χ1n) is 4.61. The van der Waals surface area contributed by atoms with Gasteiger partial charge in [0.05, 0.1) is 6.61 Å². The molecule has 0 amide bonds. The van der Waals surface area contributed by atoms with Gasteiger partial charge >= 0.3 is 0 Å². The Bertz CT molecular complexity index is 276. The van der Waals surface area contributed by atoms with Crippen LogP contribution in [-0.4, -0.2) is 5.11 Å². The quantitative estimate of drug-likeness (QED) is 0.813. The van der Waals surface area contributed by atoms with E-state index in [1.807, 2.05) is 24.3 Å². The first-order chi connectivity index (χ1) is 6.16. The molecule has 0 saturated heterocycles. The molecule has 0 aliphatic rings. The molecule has 1 atom stereocenters. The molecule has 1 aromatic rings. The van der Waals surface area contributed by atoms with Crippen LogP contribution in [0.4, 0.5) is 0 Å². The van der Waals surface area contributed by atoms with Crippen molar-refractivity contribution in [2.75, 3.05) is 0 Å². The largest absolute Gasteiger partial charge is 0.392 e. The van der Waals surface area contributed by atoms with Crippen LogP contribution in [0, 0.1) is 5.92 Å². The van der Waals surface area contributed by atoms with Crippen molar-refractivity contribution in [3.05, 3.63) is 35.4 Å². The SMILES string of the molecule is CC(C)[C@H](N)c1ccccc1CO.Cl. The zero-order valence-corrected chi connectivity index (χ0v) is 9.42. The number of halogens is 1. The van der Waals surface area contributed by atoms with Gasteiger partial charge in [-0.3, -0.25) is 0 Å². The Labute approximate surface area is 91.5 Å². The van der Waals surface area contributed by atoms with Crippen LogP contribution in [0.15, 0.2) is 24.3 Å². The summed E-state index contributed by atoms with van der Waals surface area (Å²) in [5.41, 5.74) is 7.99. The third-order valence-electron chi connectivity index (χ3n) is 2.30. The van der Waals surface area contributed by atoms with E-state index in [0.717, 1.165) is 11.1 Å². The number of aliphatic hydroxyl groups excluding tert-OH is 1. The van der Waals surface area contributed by atoms with Crippen LogP contribution in [-0.2, 0) is 6.61 Å². The second kappa shape index (κ2) is 6.02. The number of hydrogen-bond donors (Lipinski definition) is 2. The molecule has 14 heavy (non-hydrogen) atoms. The van der Waals surface area contributed by atoms with Crippen molar-refractivity contribution in [1.29, 1.82) is 0 Å². The number of hydrogen-bond acceptors (Lipinski definition) is 2. The van der Waals surface area contributed by atoms with Gasteiger partial charge in [0.15, 0.2) is 0 Å². The molecule has 0 radical (unpaired) electrons. The molecule has 0 aliphatic heterocycles. The lowest BCUT2D eigenvalue weighted by Crippen LogP contribution is -2.18. The van der Waals surface area contributed by atoms with Crippen LogP contribution in [0.25, 0.3) is 0 Å². The lowest BCUT2D eigenvalue weighted by molar-refractivity contribution is 0.279. The van der Waals surface area contributed by atoms with E-state index in [1.165, 1.54) is 0 Å². The van der Waals surface area contributed by atoms with E-state index in [-0.39, 0.29) is 25.1 Å². The van der Waals surface area contributed by atoms with Crippen molar-refractivity contribution in [3.8, 4) is 0 Å². The summed E-state index contributed by atoms with van der Waals surface area (Å²) in [4.78, 5) is 0. The Morgan fingerprint density at radius 1 is 1.29 bits per heavy atom. The standard InChI is InChI=1S/C11H17NO.ClH/c1-8(2)11(12)10-6-4-3-5-9(10)7-13;/h3-6,8,11,13H,7,12H2,1-2H3;1H/t11-;/m0./s1. The molecule has 0 unspecified atom stereocenters. The van der Waals surface area contributed by atoms with E-state index in [9.17, 15) is 0 Å². The molecule has 0 aliphatic carbocycles. The summed E-state index contributed by atoms with van der Waals surface area (Å²) in [6, 6.07) is 7.79. The van der Waals surface area contributed by atoms with Crippen molar-refractivity contribution in [3.63, 3.8) is 0 Å². The van der Waals surface area contributed by atoms with Gasteiger partial charge in [0.2, 0.25) is 0 Å². The van der Waals surface area contributed by atoms with E-state index in [1.54, 1.807) is 0 Å². The van der Waals surface area contributed by atoms with Gasteiger partial charge in [-0.25, -0.2) is 0 Å². The highest BCUT2D eigenvalue weighted by Gasteiger charge is 2.12. The zero-order chi connectivity index (χ0) is 9.84. The van der Waals surface area contributed by atoms with Crippen molar-refractivity contribution in [1.82, 2.24) is 0 Å². The summed E-state index contributed by atoms with van der Waals surface area (Å²) in [5, 5.41) is 9.09. The van der Waals surface area contributed by atoms with Gasteiger partial charge in [-0.05, 0) is 17.0 Å². The van der Waals surface area contributed by atoms with Crippen LogP contribution in [0.5, 0.6) is 0 Å². The minimum Gasteiger partial charge on any atom is -0.392 e. The highest BCUT2D eigenvalue weighted by molar-refractivity contribution is 5.85. The number of benzene rings is 1. The van der Waals surface area contributed by atoms with E-state index < -0.39 is 0 Å². The molecular formula is C11H18ClNO. The Morgan fingerprint density at radius 3 is 2.36 bits per heavy atom. The first-order valence-corrected chi connectivity index (χ1v) is 4.61. The smallest absolute Gasteiger partial charge is 0.0685 e. The van der Waals surface area contributed by atoms with Crippen LogP contribution in [0.1, 0.15) is 31.0 Å². The van der Waals surface area contributed by atoms with Crippen LogP contribution < -0.4 is 5.73 Å². The summed E-state index contributed by atoms with van der Waals surface area (Å²) >= 11 is 0. The summed E-state index contributed by atoms with van der Waals surface area (Å²) in [6.45, 7) is 4.23. The Kier molecular flexibility index (Phi) is 5.77. The van der Waals surface area contributed by atoms with Gasteiger partial charge in [-0.2, -0.15) is 0 Å². The molecule has 0 bridgehead atoms. The minimum absolute atomic E-state index is 0. The van der Waals surface area contributed by atoms with E-state index in [0.29, 0.717) is 5.92 Å². The van der Waals surface area contributed by atoms with Gasteiger partial charge in [0, 0.05) is 6.04 Å². The predicted octanol–water partition coefficient (Wildman–Crippen LogP) is 2.26. The number of aliphatic hydroxyl groups is 1. The molecule has 0 heterocycles. The maximum atomic E-state index is 9.09. The van der Waals surface area contributed by atoms with E-state index in [4.69, 9.17) is 10.8 Å². The van der Waals surface area contributed by atoms with Gasteiger partial charge in [0.1, 0.15) is 0 Å². The average molecular weight is 216 g/mol. The predicted molar refractivity (Wildman–Crippen MR) is 61.4 cm³/mol. The van der Waals surface area contributed by atoms with Gasteiger partial charge in [0.25, 0.3) is 0 Å². The Balaban J connectivity index is 0.00000169. The van der Waals surface area contributed by atoms with Gasteiger partial charge in [-0.1, -0.05) is 38.1 Å². The maximum Gasteiger partial charge on any atom is 0.0685 e. The molecule has 0 fully saturated rings. The van der Waals surface area contributed by atoms with Gasteiger partial charge < -0.3 is 10.8 Å². The fourth-order valence-corrected chi connectivity index (χ4v) is 1.36. The lowest BCUT2D eigenvalue weighted by atomic mass is 9.93. The van der Waals surface area contributed by atoms with Crippen molar-refractivity contribution in [2.45, 2.75) is 26.5 Å². The average Bonchev–Trinajstić information content (AvgIpc) is 2.16. The molecule has 1 rings (SSSR count). The number of rotatable bonds is 3. The van der Waals surface area contributed by atoms with Crippen molar-refractivity contribution < 1.29 is 5.11 Å². The topological polar surface area (TPSA) is 46.2 Å². The molecule has 0 spiro atoms. The lowest BCUT2D eigenvalue weighted by Gasteiger charge is -2.18. The van der Waals surface area contributed by atoms with Crippen LogP contribution in [0.2, 0.25) is 0 Å². The molecule has 3 heteroatoms. The minimum atomic E-state index is 0. The summed E-state index contributed by atoms with van der Waals surface area (Å²) in [6.07, 6.45) is 0. The second-order valence-electron chi connectivity index (χ2n) is 3.63. The zero-order valence-electron chi connectivity index (χ0n) is 8.60. The first kappa shape index (κ1) is 13.4.